The van der Waals surface area contributed by atoms with E-state index in [0.717, 1.165) is 96.5 Å². The Balaban J connectivity index is 0.000000137. The molecule has 0 spiro atoms. The average molecular weight is 893 g/mol. The van der Waals surface area contributed by atoms with Crippen LogP contribution in [0, 0.1) is 27.7 Å². The van der Waals surface area contributed by atoms with Gasteiger partial charge in [0.25, 0.3) is 0 Å². The fourth-order valence-corrected chi connectivity index (χ4v) is 8.50. The number of halogens is 1. The number of fused-ring (bicyclic) bond motifs is 2. The average Bonchev–Trinajstić information content (AvgIpc) is 4.02. The van der Waals surface area contributed by atoms with E-state index in [9.17, 15) is 0 Å². The molecule has 2 N–H and O–H groups in total. The van der Waals surface area contributed by atoms with Crippen LogP contribution >= 0.6 is 11.6 Å². The number of rotatable bonds is 6. The summed E-state index contributed by atoms with van der Waals surface area (Å²) < 4.78 is 9.35. The van der Waals surface area contributed by atoms with Crippen LogP contribution in [0.5, 0.6) is 0 Å². The second kappa shape index (κ2) is 20.2. The molecule has 0 aliphatic carbocycles. The Morgan fingerprint density at radius 2 is 1.11 bits per heavy atom. The van der Waals surface area contributed by atoms with Crippen LogP contribution in [0.3, 0.4) is 0 Å². The monoisotopic (exact) mass is 892 g/mol. The highest BCUT2D eigenvalue weighted by Crippen LogP contribution is 2.34. The molecular formula is C48H54BClN12O3. The van der Waals surface area contributed by atoms with Gasteiger partial charge < -0.3 is 33.7 Å². The first kappa shape index (κ1) is 45.3. The van der Waals surface area contributed by atoms with Crippen LogP contribution in [0.4, 0.5) is 11.6 Å². The van der Waals surface area contributed by atoms with Crippen molar-refractivity contribution < 1.29 is 14.8 Å². The topological polar surface area (TPSA) is 169 Å². The Hall–Kier alpha value is -6.33. The Morgan fingerprint density at radius 1 is 0.600 bits per heavy atom. The molecule has 11 rings (SSSR count). The van der Waals surface area contributed by atoms with Crippen molar-refractivity contribution in [3.63, 3.8) is 0 Å². The summed E-state index contributed by atoms with van der Waals surface area (Å²) in [6.07, 6.45) is 5.98. The Labute approximate surface area is 384 Å². The Morgan fingerprint density at radius 3 is 1.57 bits per heavy atom. The maximum absolute atomic E-state index is 8.72. The van der Waals surface area contributed by atoms with Gasteiger partial charge in [0.15, 0.2) is 0 Å². The van der Waals surface area contributed by atoms with Crippen molar-refractivity contribution in [1.82, 2.24) is 49.0 Å². The second-order valence-corrected chi connectivity index (χ2v) is 16.9. The minimum Gasteiger partial charge on any atom is -0.423 e. The predicted octanol–water partition coefficient (Wildman–Crippen LogP) is 6.44. The van der Waals surface area contributed by atoms with Crippen molar-refractivity contribution in [3.05, 3.63) is 137 Å². The number of ether oxygens (including phenoxy) is 1. The minimum absolute atomic E-state index is 0.413. The lowest BCUT2D eigenvalue weighted by Gasteiger charge is -2.39. The van der Waals surface area contributed by atoms with Crippen LogP contribution < -0.4 is 15.3 Å². The number of anilines is 2. The zero-order valence-electron chi connectivity index (χ0n) is 37.7. The molecule has 334 valence electrons. The second-order valence-electron chi connectivity index (χ2n) is 16.5. The minimum atomic E-state index is -1.41. The highest BCUT2D eigenvalue weighted by molar-refractivity contribution is 6.59. The molecule has 0 amide bonds. The normalized spacial score (nSPS) is 14.7. The summed E-state index contributed by atoms with van der Waals surface area (Å²) in [5, 5.41) is 17.9. The summed E-state index contributed by atoms with van der Waals surface area (Å²) in [6.45, 7) is 13.2. The van der Waals surface area contributed by atoms with Crippen LogP contribution in [-0.4, -0.2) is 106 Å². The van der Waals surface area contributed by atoms with E-state index in [1.807, 2.05) is 57.3 Å². The lowest BCUT2D eigenvalue weighted by molar-refractivity contribution is 0.198. The molecular weight excluding hydrogens is 839 g/mol. The van der Waals surface area contributed by atoms with Gasteiger partial charge in [-0.25, -0.2) is 29.9 Å². The summed E-state index contributed by atoms with van der Waals surface area (Å²) in [5.74, 6) is 6.47. The molecule has 0 radical (unpaired) electrons. The van der Waals surface area contributed by atoms with Crippen LogP contribution in [0.2, 0.25) is 5.15 Å². The molecule has 65 heavy (non-hydrogen) atoms. The summed E-state index contributed by atoms with van der Waals surface area (Å²) in [7, 11) is 2.78. The molecule has 0 unspecified atom stereocenters. The number of para-hydroxylation sites is 4. The highest BCUT2D eigenvalue weighted by atomic mass is 35.5. The van der Waals surface area contributed by atoms with E-state index in [-0.39, 0.29) is 0 Å². The van der Waals surface area contributed by atoms with Gasteiger partial charge in [-0.15, -0.1) is 0 Å². The van der Waals surface area contributed by atoms with Gasteiger partial charge in [0, 0.05) is 100 Å². The summed E-state index contributed by atoms with van der Waals surface area (Å²) in [4.78, 5) is 40.3. The van der Waals surface area contributed by atoms with Crippen LogP contribution in [-0.2, 0) is 18.8 Å². The van der Waals surface area contributed by atoms with Gasteiger partial charge >= 0.3 is 7.12 Å². The third-order valence-electron chi connectivity index (χ3n) is 11.8. The predicted molar refractivity (Wildman–Crippen MR) is 257 cm³/mol. The molecule has 3 saturated heterocycles. The summed E-state index contributed by atoms with van der Waals surface area (Å²) in [6, 6.07) is 27.7. The quantitative estimate of drug-likeness (QED) is 0.138. The van der Waals surface area contributed by atoms with E-state index in [1.54, 1.807) is 25.3 Å². The van der Waals surface area contributed by atoms with Crippen molar-refractivity contribution >= 4 is 57.9 Å². The number of imidazole rings is 2. The first-order chi connectivity index (χ1) is 31.4. The largest absolute Gasteiger partial charge is 0.490 e. The van der Waals surface area contributed by atoms with Gasteiger partial charge in [0.2, 0.25) is 0 Å². The fourth-order valence-electron chi connectivity index (χ4n) is 8.28. The third-order valence-corrected chi connectivity index (χ3v) is 12.0. The fraction of sp³-hybridized carbons (Fsp3) is 0.333. The smallest absolute Gasteiger partial charge is 0.423 e. The first-order valence-electron chi connectivity index (χ1n) is 21.9. The van der Waals surface area contributed by atoms with Crippen LogP contribution in [0.15, 0.2) is 97.3 Å². The number of hydrogen-bond donors (Lipinski definition) is 2. The van der Waals surface area contributed by atoms with E-state index < -0.39 is 7.12 Å². The van der Waals surface area contributed by atoms with Crippen LogP contribution in [0.25, 0.3) is 33.3 Å². The SMILES string of the molecule is C1CCOC1.Cc1nc(-c2cccnc2C)cc(N2CC(c3nc4ccccc4n3C)C2)n1.Cc1nc(Cl)cc(N2CC(c3nc4ccccc4n3C)C2)n1.Cc1ncccc1B(O)O. The Kier molecular flexibility index (Phi) is 14.1. The zero-order chi connectivity index (χ0) is 45.6. The van der Waals surface area contributed by atoms with Crippen molar-refractivity contribution in [1.29, 1.82) is 0 Å². The first-order valence-corrected chi connectivity index (χ1v) is 22.3. The Bertz CT molecular complexity index is 2860. The van der Waals surface area contributed by atoms with Gasteiger partial charge in [-0.2, -0.15) is 0 Å². The maximum Gasteiger partial charge on any atom is 0.490 e. The lowest BCUT2D eigenvalue weighted by Crippen LogP contribution is -2.46. The van der Waals surface area contributed by atoms with E-state index in [0.29, 0.717) is 34.0 Å². The molecule has 0 atom stereocenters. The molecule has 9 heterocycles. The molecule has 8 aromatic rings. The number of aromatic nitrogens is 10. The van der Waals surface area contributed by atoms with Crippen LogP contribution in [0.1, 0.15) is 59.4 Å². The molecule has 3 aliphatic rings. The standard InChI is InChI=1S/C22H22N6.C16H16ClN5.C6H8BNO2.C4H8O/c1-14-17(7-6-10-23-14)19-11-21(25-15(2)24-19)28-12-16(13-28)22-26-18-8-4-5-9-20(18)27(22)3;1-10-18-14(17)7-15(19-10)22-8-11(9-22)16-20-12-5-3-4-6-13(12)21(16)2;1-5-6(7(9)10)3-2-4-8-5;1-2-4-5-3-1/h4-11,16H,12-13H2,1-3H3;3-7,11H,8-9H2,1-2H3;2-4,9-10H,1H3;1-4H2. The number of nitrogens with zero attached hydrogens (tertiary/aromatic N) is 12. The summed E-state index contributed by atoms with van der Waals surface area (Å²) in [5.41, 5.74) is 8.55. The number of pyridine rings is 2. The number of hydrogen-bond acceptors (Lipinski definition) is 13. The maximum atomic E-state index is 8.72. The van der Waals surface area contributed by atoms with Gasteiger partial charge in [-0.1, -0.05) is 41.9 Å². The molecule has 3 aliphatic heterocycles. The highest BCUT2D eigenvalue weighted by Gasteiger charge is 2.34. The van der Waals surface area contributed by atoms with Crippen molar-refractivity contribution in [2.75, 3.05) is 49.2 Å². The van der Waals surface area contributed by atoms with Crippen molar-refractivity contribution in [2.24, 2.45) is 14.1 Å². The molecule has 2 aromatic carbocycles. The van der Waals surface area contributed by atoms with Crippen molar-refractivity contribution in [3.8, 4) is 11.3 Å². The van der Waals surface area contributed by atoms with E-state index >= 15 is 0 Å². The molecule has 0 bridgehead atoms. The van der Waals surface area contributed by atoms with Gasteiger partial charge in [0.1, 0.15) is 40.1 Å². The molecule has 0 saturated carbocycles. The molecule has 6 aromatic heterocycles. The van der Waals surface area contributed by atoms with Gasteiger partial charge in [-0.05, 0) is 83.0 Å². The van der Waals surface area contributed by atoms with Crippen molar-refractivity contribution in [2.45, 2.75) is 52.4 Å². The van der Waals surface area contributed by atoms with E-state index in [1.165, 1.54) is 23.9 Å². The molecule has 3 fully saturated rings. The third kappa shape index (κ3) is 10.5. The van der Waals surface area contributed by atoms with Gasteiger partial charge in [0.05, 0.1) is 39.6 Å². The van der Waals surface area contributed by atoms with E-state index in [4.69, 9.17) is 36.4 Å². The summed E-state index contributed by atoms with van der Waals surface area (Å²) >= 11 is 6.01. The number of aryl methyl sites for hydroxylation is 6. The van der Waals surface area contributed by atoms with E-state index in [2.05, 4.69) is 105 Å². The molecule has 17 heteroatoms. The lowest BCUT2D eigenvalue weighted by atomic mass is 9.79. The molecule has 15 nitrogen and oxygen atoms in total. The number of benzene rings is 2. The van der Waals surface area contributed by atoms with Gasteiger partial charge in [-0.3, -0.25) is 9.97 Å². The zero-order valence-corrected chi connectivity index (χ0v) is 38.4.